The highest BCUT2D eigenvalue weighted by Crippen LogP contribution is 2.33. The van der Waals surface area contributed by atoms with Gasteiger partial charge in [-0.3, -0.25) is 14.9 Å². The van der Waals surface area contributed by atoms with Crippen molar-refractivity contribution in [2.75, 3.05) is 11.5 Å². The number of benzene rings is 2. The van der Waals surface area contributed by atoms with Gasteiger partial charge in [-0.05, 0) is 99.4 Å². The third-order valence-electron chi connectivity index (χ3n) is 4.46. The molecule has 0 radical (unpaired) electrons. The van der Waals surface area contributed by atoms with Crippen LogP contribution in [0.15, 0.2) is 40.4 Å². The van der Waals surface area contributed by atoms with E-state index < -0.39 is 17.8 Å². The molecule has 1 aliphatic rings. The van der Waals surface area contributed by atoms with Crippen LogP contribution in [-0.2, 0) is 9.59 Å². The molecule has 1 fully saturated rings. The molecule has 0 unspecified atom stereocenters. The van der Waals surface area contributed by atoms with Crippen molar-refractivity contribution in [3.05, 3.63) is 60.6 Å². The Morgan fingerprint density at radius 3 is 2.57 bits per heavy atom. The van der Waals surface area contributed by atoms with Gasteiger partial charge in [0.25, 0.3) is 11.8 Å². The lowest BCUT2D eigenvalue weighted by Gasteiger charge is -2.27. The minimum absolute atomic E-state index is 0.108. The number of amides is 4. The molecule has 3 rings (SSSR count). The summed E-state index contributed by atoms with van der Waals surface area (Å²) in [5, 5.41) is 10.9. The minimum Gasteiger partial charge on any atom is -0.476 e. The van der Waals surface area contributed by atoms with Crippen molar-refractivity contribution in [3.63, 3.8) is 0 Å². The van der Waals surface area contributed by atoms with Crippen molar-refractivity contribution < 1.29 is 19.1 Å². The van der Waals surface area contributed by atoms with Gasteiger partial charge >= 0.3 is 6.03 Å². The second kappa shape index (κ2) is 8.97. The zero-order chi connectivity index (χ0) is 22.0. The molecule has 30 heavy (non-hydrogen) atoms. The van der Waals surface area contributed by atoms with Gasteiger partial charge in [0.15, 0.2) is 6.61 Å². The van der Waals surface area contributed by atoms with Crippen LogP contribution >= 0.6 is 38.5 Å². The Morgan fingerprint density at radius 2 is 1.93 bits per heavy atom. The second-order valence-electron chi connectivity index (χ2n) is 6.49. The number of barbiturate groups is 1. The Morgan fingerprint density at radius 1 is 1.20 bits per heavy atom. The average molecular weight is 580 g/mol. The maximum Gasteiger partial charge on any atom is 0.335 e. The van der Waals surface area contributed by atoms with Crippen molar-refractivity contribution in [2.24, 2.45) is 0 Å². The summed E-state index contributed by atoms with van der Waals surface area (Å²) in [5.74, 6) is -0.977. The molecule has 2 aromatic carbocycles. The number of nitriles is 1. The smallest absolute Gasteiger partial charge is 0.335 e. The molecule has 152 valence electrons. The van der Waals surface area contributed by atoms with Crippen LogP contribution in [0, 0.1) is 28.7 Å². The standard InChI is InChI=1S/C21H15BrIN3O4/c1-11-3-4-14(7-12(11)2)26-20(28)15(19(27)25-21(26)29)8-13-9-16(22)18(17(23)10-13)30-6-5-24/h3-4,7-10H,6H2,1-2H3,(H,25,27,29)/b15-8+. The first-order valence-corrected chi connectivity index (χ1v) is 10.6. The number of rotatable bonds is 4. The van der Waals surface area contributed by atoms with Crippen LogP contribution in [-0.4, -0.2) is 24.5 Å². The van der Waals surface area contributed by atoms with E-state index in [-0.39, 0.29) is 12.2 Å². The number of urea groups is 1. The van der Waals surface area contributed by atoms with E-state index in [1.807, 2.05) is 48.6 Å². The van der Waals surface area contributed by atoms with E-state index in [0.717, 1.165) is 16.0 Å². The topological polar surface area (TPSA) is 99.5 Å². The summed E-state index contributed by atoms with van der Waals surface area (Å²) < 4.78 is 6.64. The molecule has 2 aromatic rings. The predicted octanol–water partition coefficient (Wildman–Crippen LogP) is 4.24. The van der Waals surface area contributed by atoms with Gasteiger partial charge in [-0.2, -0.15) is 5.26 Å². The van der Waals surface area contributed by atoms with Gasteiger partial charge in [-0.25, -0.2) is 9.69 Å². The van der Waals surface area contributed by atoms with Crippen LogP contribution in [0.5, 0.6) is 5.75 Å². The summed E-state index contributed by atoms with van der Waals surface area (Å²) in [5.41, 5.74) is 2.72. The fourth-order valence-corrected chi connectivity index (χ4v) is 4.60. The van der Waals surface area contributed by atoms with Gasteiger partial charge in [-0.15, -0.1) is 0 Å². The molecule has 1 heterocycles. The number of ether oxygens (including phenoxy) is 1. The molecule has 0 spiro atoms. The van der Waals surface area contributed by atoms with Crippen LogP contribution in [0.4, 0.5) is 10.5 Å². The lowest BCUT2D eigenvalue weighted by molar-refractivity contribution is -0.122. The molecule has 0 saturated carbocycles. The monoisotopic (exact) mass is 579 g/mol. The average Bonchev–Trinajstić information content (AvgIpc) is 2.67. The third kappa shape index (κ3) is 4.39. The van der Waals surface area contributed by atoms with E-state index in [9.17, 15) is 14.4 Å². The van der Waals surface area contributed by atoms with Crippen LogP contribution in [0.3, 0.4) is 0 Å². The molecule has 1 N–H and O–H groups in total. The highest BCUT2D eigenvalue weighted by molar-refractivity contribution is 14.1. The number of aryl methyl sites for hydroxylation is 2. The third-order valence-corrected chi connectivity index (χ3v) is 5.85. The van der Waals surface area contributed by atoms with Crippen molar-refractivity contribution in [1.82, 2.24) is 5.32 Å². The van der Waals surface area contributed by atoms with Crippen LogP contribution in [0.25, 0.3) is 6.08 Å². The number of nitrogens with one attached hydrogen (secondary N) is 1. The summed E-state index contributed by atoms with van der Waals surface area (Å²) in [4.78, 5) is 38.7. The second-order valence-corrected chi connectivity index (χ2v) is 8.50. The quantitative estimate of drug-likeness (QED) is 0.332. The number of halogens is 2. The summed E-state index contributed by atoms with van der Waals surface area (Å²) in [6.07, 6.45) is 1.42. The molecule has 0 bridgehead atoms. The largest absolute Gasteiger partial charge is 0.476 e. The lowest BCUT2D eigenvalue weighted by atomic mass is 10.1. The molecule has 1 saturated heterocycles. The van der Waals surface area contributed by atoms with E-state index in [1.54, 1.807) is 24.3 Å². The molecular formula is C21H15BrIN3O4. The van der Waals surface area contributed by atoms with Crippen LogP contribution < -0.4 is 15.0 Å². The predicted molar refractivity (Wildman–Crippen MR) is 123 cm³/mol. The fourth-order valence-electron chi connectivity index (χ4n) is 2.83. The summed E-state index contributed by atoms with van der Waals surface area (Å²) in [7, 11) is 0. The maximum atomic E-state index is 13.0. The zero-order valence-corrected chi connectivity index (χ0v) is 19.7. The van der Waals surface area contributed by atoms with E-state index in [4.69, 9.17) is 10.00 Å². The maximum absolute atomic E-state index is 13.0. The molecule has 0 atom stereocenters. The first-order valence-electron chi connectivity index (χ1n) is 8.70. The minimum atomic E-state index is -0.790. The van der Waals surface area contributed by atoms with Crippen LogP contribution in [0.1, 0.15) is 16.7 Å². The first-order chi connectivity index (χ1) is 14.2. The van der Waals surface area contributed by atoms with Crippen molar-refractivity contribution in [1.29, 1.82) is 5.26 Å². The fraction of sp³-hybridized carbons (Fsp3) is 0.143. The first kappa shape index (κ1) is 22.0. The molecular weight excluding hydrogens is 565 g/mol. The van der Waals surface area contributed by atoms with Gasteiger partial charge in [0.2, 0.25) is 0 Å². The molecule has 0 aromatic heterocycles. The van der Waals surface area contributed by atoms with Gasteiger partial charge in [0.05, 0.1) is 13.7 Å². The van der Waals surface area contributed by atoms with Crippen molar-refractivity contribution in [2.45, 2.75) is 13.8 Å². The Kier molecular flexibility index (Phi) is 6.58. The Balaban J connectivity index is 2.00. The Labute approximate surface area is 195 Å². The number of imide groups is 2. The number of carbonyl (C=O) groups excluding carboxylic acids is 3. The van der Waals surface area contributed by atoms with E-state index in [0.29, 0.717) is 25.0 Å². The number of carbonyl (C=O) groups is 3. The summed E-state index contributed by atoms with van der Waals surface area (Å²) in [6.45, 7) is 3.70. The zero-order valence-electron chi connectivity index (χ0n) is 16.0. The molecule has 4 amide bonds. The van der Waals surface area contributed by atoms with E-state index >= 15 is 0 Å². The Bertz CT molecular complexity index is 1130. The summed E-state index contributed by atoms with van der Waals surface area (Å²) in [6, 6.07) is 9.68. The van der Waals surface area contributed by atoms with Gasteiger partial charge in [0, 0.05) is 0 Å². The lowest BCUT2D eigenvalue weighted by Crippen LogP contribution is -2.54. The SMILES string of the molecule is Cc1ccc(N2C(=O)NC(=O)/C(=C\c3cc(Br)c(OCC#N)c(I)c3)C2=O)cc1C. The molecule has 7 nitrogen and oxygen atoms in total. The van der Waals surface area contributed by atoms with Gasteiger partial charge < -0.3 is 4.74 Å². The highest BCUT2D eigenvalue weighted by atomic mass is 127. The molecule has 9 heteroatoms. The summed E-state index contributed by atoms with van der Waals surface area (Å²) >= 11 is 5.41. The molecule has 0 aliphatic carbocycles. The Hall–Kier alpha value is -2.71. The van der Waals surface area contributed by atoms with Crippen molar-refractivity contribution >= 4 is 68.1 Å². The van der Waals surface area contributed by atoms with Crippen LogP contribution in [0.2, 0.25) is 0 Å². The van der Waals surface area contributed by atoms with Crippen molar-refractivity contribution in [3.8, 4) is 11.8 Å². The number of hydrogen-bond acceptors (Lipinski definition) is 5. The molecule has 1 aliphatic heterocycles. The van der Waals surface area contributed by atoms with Gasteiger partial charge in [0.1, 0.15) is 17.4 Å². The van der Waals surface area contributed by atoms with E-state index in [1.165, 1.54) is 6.08 Å². The van der Waals surface area contributed by atoms with Gasteiger partial charge in [-0.1, -0.05) is 6.07 Å². The van der Waals surface area contributed by atoms with E-state index in [2.05, 4.69) is 21.2 Å². The highest BCUT2D eigenvalue weighted by Gasteiger charge is 2.37. The number of anilines is 1. The number of nitrogens with zero attached hydrogens (tertiary/aromatic N) is 2. The number of hydrogen-bond donors (Lipinski definition) is 1. The normalized spacial score (nSPS) is 15.2.